The van der Waals surface area contributed by atoms with Gasteiger partial charge in [0, 0.05) is 23.5 Å². The molecule has 0 saturated heterocycles. The SMILES string of the molecule is Cc1ccc(C)c(S(=O)(=O)Oc2ccc(-c3ccc(OCC(=O)OC(C)(C)C)cc3)c(-c3ccc(OCC(=O)OC(C)(C)C)cc3)c2-c2ccc(OCc3ccncc3)cc2)c1. The zero-order valence-corrected chi connectivity index (χ0v) is 37.0. The van der Waals surface area contributed by atoms with E-state index in [1.807, 2.05) is 79.7 Å². The Hall–Kier alpha value is -6.66. The van der Waals surface area contributed by atoms with E-state index in [0.29, 0.717) is 51.7 Å². The summed E-state index contributed by atoms with van der Waals surface area (Å²) in [6, 6.07) is 34.1. The van der Waals surface area contributed by atoms with E-state index < -0.39 is 33.3 Å². The van der Waals surface area contributed by atoms with Gasteiger partial charge in [0.05, 0.1) is 0 Å². The summed E-state index contributed by atoms with van der Waals surface area (Å²) in [5.74, 6) is 0.574. The minimum Gasteiger partial charge on any atom is -0.489 e. The number of carbonyl (C=O) groups excluding carboxylic acids is 2. The number of carbonyl (C=O) groups is 2. The van der Waals surface area contributed by atoms with Crippen LogP contribution in [0.2, 0.25) is 0 Å². The molecule has 0 amide bonds. The molecule has 0 fully saturated rings. The Morgan fingerprint density at radius 3 is 1.56 bits per heavy atom. The molecule has 6 aromatic rings. The molecule has 0 bridgehead atoms. The molecule has 0 radical (unpaired) electrons. The summed E-state index contributed by atoms with van der Waals surface area (Å²) in [6.45, 7) is 14.0. The van der Waals surface area contributed by atoms with E-state index in [-0.39, 0.29) is 23.9 Å². The van der Waals surface area contributed by atoms with Crippen molar-refractivity contribution in [3.8, 4) is 56.4 Å². The number of pyridine rings is 1. The number of rotatable bonds is 15. The van der Waals surface area contributed by atoms with E-state index in [0.717, 1.165) is 22.3 Å². The maximum atomic E-state index is 14.2. The zero-order chi connectivity index (χ0) is 44.7. The van der Waals surface area contributed by atoms with E-state index >= 15 is 0 Å². The summed E-state index contributed by atoms with van der Waals surface area (Å²) in [5, 5.41) is 0. The van der Waals surface area contributed by atoms with Crippen LogP contribution in [-0.2, 0) is 35.8 Å². The van der Waals surface area contributed by atoms with Gasteiger partial charge in [-0.2, -0.15) is 8.42 Å². The monoisotopic (exact) mass is 857 g/mol. The van der Waals surface area contributed by atoms with Crippen LogP contribution in [0.25, 0.3) is 33.4 Å². The predicted molar refractivity (Wildman–Crippen MR) is 238 cm³/mol. The van der Waals surface area contributed by atoms with Crippen molar-refractivity contribution in [2.75, 3.05) is 13.2 Å². The van der Waals surface area contributed by atoms with Crippen molar-refractivity contribution in [1.29, 1.82) is 0 Å². The smallest absolute Gasteiger partial charge is 0.344 e. The highest BCUT2D eigenvalue weighted by atomic mass is 32.2. The van der Waals surface area contributed by atoms with Gasteiger partial charge < -0.3 is 27.9 Å². The van der Waals surface area contributed by atoms with Gasteiger partial charge in [-0.15, -0.1) is 0 Å². The summed E-state index contributed by atoms with van der Waals surface area (Å²) in [4.78, 5) is 29.0. The van der Waals surface area contributed by atoms with Gasteiger partial charge in [0.25, 0.3) is 0 Å². The van der Waals surface area contributed by atoms with Gasteiger partial charge in [0.1, 0.15) is 40.0 Å². The van der Waals surface area contributed by atoms with Gasteiger partial charge in [-0.05, 0) is 161 Å². The molecule has 0 spiro atoms. The third kappa shape index (κ3) is 12.2. The van der Waals surface area contributed by atoms with E-state index in [1.54, 1.807) is 103 Å². The molecule has 0 atom stereocenters. The first-order chi connectivity index (χ1) is 29.3. The van der Waals surface area contributed by atoms with Crippen LogP contribution in [0.5, 0.6) is 23.0 Å². The first kappa shape index (κ1) is 44.9. The van der Waals surface area contributed by atoms with E-state index in [9.17, 15) is 18.0 Å². The van der Waals surface area contributed by atoms with Crippen LogP contribution in [0.4, 0.5) is 0 Å². The van der Waals surface area contributed by atoms with E-state index in [4.69, 9.17) is 27.9 Å². The van der Waals surface area contributed by atoms with Crippen LogP contribution in [0.1, 0.15) is 58.2 Å². The Kier molecular flexibility index (Phi) is 13.7. The minimum absolute atomic E-state index is 0.0578. The molecular formula is C50H51NO10S. The Morgan fingerprint density at radius 1 is 0.565 bits per heavy atom. The van der Waals surface area contributed by atoms with Crippen LogP contribution >= 0.6 is 0 Å². The number of nitrogens with zero attached hydrogens (tertiary/aromatic N) is 1. The lowest BCUT2D eigenvalue weighted by Crippen LogP contribution is -2.27. The molecular weight excluding hydrogens is 807 g/mol. The van der Waals surface area contributed by atoms with Crippen molar-refractivity contribution in [1.82, 2.24) is 4.98 Å². The second-order valence-corrected chi connectivity index (χ2v) is 18.1. The fourth-order valence-corrected chi connectivity index (χ4v) is 7.72. The quantitative estimate of drug-likeness (QED) is 0.0721. The standard InChI is InChI=1S/C50H51NO10S/c1-33-9-10-34(2)44(29-33)62(54,55)61-43-24-23-42(36-11-17-40(18-12-36)57-31-45(52)59-49(3,4)5)47(37-13-19-41(20-14-37)58-32-46(53)60-50(6,7)8)48(43)38-15-21-39(22-16-38)56-30-35-25-27-51-28-26-35/h9-29H,30-32H2,1-8H3. The lowest BCUT2D eigenvalue weighted by molar-refractivity contribution is -0.158. The number of aryl methyl sites for hydroxylation is 2. The van der Waals surface area contributed by atoms with Gasteiger partial charge >= 0.3 is 22.1 Å². The molecule has 0 aliphatic rings. The summed E-state index contributed by atoms with van der Waals surface area (Å²) in [6.07, 6.45) is 3.41. The zero-order valence-electron chi connectivity index (χ0n) is 36.2. The maximum Gasteiger partial charge on any atom is 0.344 e. The summed E-state index contributed by atoms with van der Waals surface area (Å²) in [5.41, 5.74) is 4.91. The highest BCUT2D eigenvalue weighted by molar-refractivity contribution is 7.87. The van der Waals surface area contributed by atoms with Gasteiger partial charge in [-0.25, -0.2) is 9.59 Å². The van der Waals surface area contributed by atoms with Crippen LogP contribution < -0.4 is 18.4 Å². The summed E-state index contributed by atoms with van der Waals surface area (Å²) in [7, 11) is -4.33. The average Bonchev–Trinajstić information content (AvgIpc) is 3.22. The first-order valence-electron chi connectivity index (χ1n) is 20.0. The van der Waals surface area contributed by atoms with Gasteiger partial charge in [-0.3, -0.25) is 4.98 Å². The third-order valence-corrected chi connectivity index (χ3v) is 10.5. The van der Waals surface area contributed by atoms with Crippen molar-refractivity contribution >= 4 is 22.1 Å². The molecule has 11 nitrogen and oxygen atoms in total. The fraction of sp³-hybridized carbons (Fsp3) is 0.260. The van der Waals surface area contributed by atoms with E-state index in [2.05, 4.69) is 4.98 Å². The number of esters is 2. The topological polar surface area (TPSA) is 137 Å². The molecule has 1 aromatic heterocycles. The number of ether oxygens (including phenoxy) is 5. The molecule has 0 aliphatic carbocycles. The van der Waals surface area contributed by atoms with Gasteiger partial charge in [0.2, 0.25) is 0 Å². The van der Waals surface area contributed by atoms with Crippen molar-refractivity contribution in [3.63, 3.8) is 0 Å². The van der Waals surface area contributed by atoms with E-state index in [1.165, 1.54) is 0 Å². The van der Waals surface area contributed by atoms with Crippen molar-refractivity contribution in [2.45, 2.75) is 78.1 Å². The lowest BCUT2D eigenvalue weighted by atomic mass is 9.87. The number of aromatic nitrogens is 1. The van der Waals surface area contributed by atoms with Crippen LogP contribution in [-0.4, -0.2) is 49.8 Å². The molecule has 5 aromatic carbocycles. The van der Waals surface area contributed by atoms with Crippen LogP contribution in [0.15, 0.2) is 133 Å². The van der Waals surface area contributed by atoms with Crippen LogP contribution in [0, 0.1) is 13.8 Å². The Morgan fingerprint density at radius 2 is 1.05 bits per heavy atom. The third-order valence-electron chi connectivity index (χ3n) is 9.14. The average molecular weight is 858 g/mol. The Labute approximate surface area is 363 Å². The van der Waals surface area contributed by atoms with Crippen molar-refractivity contribution < 1.29 is 45.9 Å². The number of benzene rings is 5. The summed E-state index contributed by atoms with van der Waals surface area (Å²) >= 11 is 0. The highest BCUT2D eigenvalue weighted by Crippen LogP contribution is 2.47. The highest BCUT2D eigenvalue weighted by Gasteiger charge is 2.26. The molecule has 1 heterocycles. The molecule has 322 valence electrons. The predicted octanol–water partition coefficient (Wildman–Crippen LogP) is 10.5. The number of hydrogen-bond acceptors (Lipinski definition) is 11. The maximum absolute atomic E-state index is 14.2. The van der Waals surface area contributed by atoms with Gasteiger partial charge in [-0.1, -0.05) is 48.5 Å². The second-order valence-electron chi connectivity index (χ2n) is 16.6. The molecule has 0 unspecified atom stereocenters. The van der Waals surface area contributed by atoms with Crippen molar-refractivity contribution in [2.24, 2.45) is 0 Å². The minimum atomic E-state index is -4.33. The first-order valence-corrected chi connectivity index (χ1v) is 21.5. The normalized spacial score (nSPS) is 11.7. The molecule has 0 aliphatic heterocycles. The molecule has 6 rings (SSSR count). The molecule has 0 saturated carbocycles. The second kappa shape index (κ2) is 18.9. The molecule has 12 heteroatoms. The Balaban J connectivity index is 1.46. The summed E-state index contributed by atoms with van der Waals surface area (Å²) < 4.78 is 62.9. The fourth-order valence-electron chi connectivity index (χ4n) is 6.46. The lowest BCUT2D eigenvalue weighted by Gasteiger charge is -2.21. The van der Waals surface area contributed by atoms with Crippen LogP contribution in [0.3, 0.4) is 0 Å². The molecule has 62 heavy (non-hydrogen) atoms. The van der Waals surface area contributed by atoms with Crippen molar-refractivity contribution in [3.05, 3.63) is 144 Å². The molecule has 0 N–H and O–H groups in total. The Bertz CT molecular complexity index is 2610. The number of hydrogen-bond donors (Lipinski definition) is 0. The van der Waals surface area contributed by atoms with Gasteiger partial charge in [0.15, 0.2) is 19.0 Å². The largest absolute Gasteiger partial charge is 0.489 e.